The van der Waals surface area contributed by atoms with Crippen molar-refractivity contribution in [3.63, 3.8) is 0 Å². The minimum absolute atomic E-state index is 0.0416. The minimum atomic E-state index is -0.447. The fourth-order valence-electron chi connectivity index (χ4n) is 2.12. The molecule has 0 fully saturated rings. The zero-order valence-corrected chi connectivity index (χ0v) is 12.9. The molecule has 1 heterocycles. The third kappa shape index (κ3) is 4.70. The molecule has 6 heteroatoms. The number of nitrogen functional groups attached to an aromatic ring is 1. The zero-order chi connectivity index (χ0) is 15.3. The van der Waals surface area contributed by atoms with Crippen LogP contribution in [0.1, 0.15) is 24.2 Å². The van der Waals surface area contributed by atoms with Gasteiger partial charge in [0.15, 0.2) is 0 Å². The molecular formula is C14H24N4O2. The maximum Gasteiger partial charge on any atom is 0.341 e. The molecule has 0 amide bonds. The van der Waals surface area contributed by atoms with Crippen molar-refractivity contribution >= 4 is 17.5 Å². The second-order valence-corrected chi connectivity index (χ2v) is 5.91. The van der Waals surface area contributed by atoms with Gasteiger partial charge in [-0.2, -0.15) is 0 Å². The second kappa shape index (κ2) is 6.56. The molecule has 0 unspecified atom stereocenters. The van der Waals surface area contributed by atoms with Crippen LogP contribution >= 0.6 is 0 Å². The van der Waals surface area contributed by atoms with E-state index < -0.39 is 5.97 Å². The highest BCUT2D eigenvalue weighted by Crippen LogP contribution is 2.20. The van der Waals surface area contributed by atoms with E-state index in [1.54, 1.807) is 6.07 Å². The molecule has 0 radical (unpaired) electrons. The van der Waals surface area contributed by atoms with Crippen molar-refractivity contribution < 1.29 is 9.53 Å². The van der Waals surface area contributed by atoms with Crippen LogP contribution in [0.15, 0.2) is 12.3 Å². The molecule has 1 aromatic rings. The molecule has 0 saturated carbocycles. The van der Waals surface area contributed by atoms with Gasteiger partial charge in [0.05, 0.1) is 19.0 Å². The van der Waals surface area contributed by atoms with Crippen LogP contribution in [-0.4, -0.2) is 50.1 Å². The van der Waals surface area contributed by atoms with E-state index >= 15 is 0 Å². The summed E-state index contributed by atoms with van der Waals surface area (Å²) in [6, 6.07) is 1.57. The normalized spacial score (nSPS) is 11.5. The van der Waals surface area contributed by atoms with Crippen molar-refractivity contribution in [1.82, 2.24) is 9.88 Å². The zero-order valence-electron chi connectivity index (χ0n) is 12.9. The van der Waals surface area contributed by atoms with E-state index in [1.807, 2.05) is 14.1 Å². The molecule has 0 spiro atoms. The van der Waals surface area contributed by atoms with Crippen molar-refractivity contribution in [2.24, 2.45) is 5.41 Å². The standard InChI is InChI=1S/C14H24N4O2/c1-14(2,9-18(3)4)8-17-12-11(13(19)20-5)6-10(15)7-16-12/h6-7H,8-9,15H2,1-5H3,(H,16,17). The first-order chi connectivity index (χ1) is 9.25. The number of pyridine rings is 1. The highest BCUT2D eigenvalue weighted by atomic mass is 16.5. The number of hydrogen-bond donors (Lipinski definition) is 2. The molecule has 0 saturated heterocycles. The summed E-state index contributed by atoms with van der Waals surface area (Å²) >= 11 is 0. The largest absolute Gasteiger partial charge is 0.465 e. The van der Waals surface area contributed by atoms with Gasteiger partial charge in [-0.1, -0.05) is 13.8 Å². The quantitative estimate of drug-likeness (QED) is 0.768. The molecule has 0 aromatic carbocycles. The SMILES string of the molecule is COC(=O)c1cc(N)cnc1NCC(C)(C)CN(C)C. The Morgan fingerprint density at radius 3 is 2.70 bits per heavy atom. The lowest BCUT2D eigenvalue weighted by molar-refractivity contribution is 0.0601. The Bertz CT molecular complexity index is 472. The molecule has 1 aromatic heterocycles. The lowest BCUT2D eigenvalue weighted by Gasteiger charge is -2.28. The van der Waals surface area contributed by atoms with Gasteiger partial charge in [0.25, 0.3) is 0 Å². The molecule has 0 aliphatic heterocycles. The number of rotatable bonds is 6. The highest BCUT2D eigenvalue weighted by molar-refractivity contribution is 5.95. The van der Waals surface area contributed by atoms with Gasteiger partial charge >= 0.3 is 5.97 Å². The molecular weight excluding hydrogens is 256 g/mol. The van der Waals surface area contributed by atoms with Crippen LogP contribution in [0.3, 0.4) is 0 Å². The Labute approximate surface area is 120 Å². The fraction of sp³-hybridized carbons (Fsp3) is 0.571. The van der Waals surface area contributed by atoms with Crippen LogP contribution in [-0.2, 0) is 4.74 Å². The summed E-state index contributed by atoms with van der Waals surface area (Å²) in [4.78, 5) is 18.0. The number of methoxy groups -OCH3 is 1. The second-order valence-electron chi connectivity index (χ2n) is 5.91. The summed E-state index contributed by atoms with van der Waals surface area (Å²) in [5, 5.41) is 3.21. The molecule has 0 aliphatic carbocycles. The van der Waals surface area contributed by atoms with Crippen LogP contribution in [0.2, 0.25) is 0 Å². The van der Waals surface area contributed by atoms with Crippen LogP contribution < -0.4 is 11.1 Å². The Morgan fingerprint density at radius 2 is 2.15 bits per heavy atom. The van der Waals surface area contributed by atoms with Crippen LogP contribution in [0.5, 0.6) is 0 Å². The third-order valence-corrected chi connectivity index (χ3v) is 2.79. The van der Waals surface area contributed by atoms with Gasteiger partial charge in [-0.05, 0) is 25.6 Å². The van der Waals surface area contributed by atoms with Crippen LogP contribution in [0.4, 0.5) is 11.5 Å². The first-order valence-corrected chi connectivity index (χ1v) is 6.47. The highest BCUT2D eigenvalue weighted by Gasteiger charge is 2.21. The topological polar surface area (TPSA) is 80.5 Å². The van der Waals surface area contributed by atoms with Crippen LogP contribution in [0.25, 0.3) is 0 Å². The lowest BCUT2D eigenvalue weighted by Crippen LogP contribution is -2.34. The van der Waals surface area contributed by atoms with Gasteiger partial charge < -0.3 is 20.7 Å². The predicted octanol–water partition coefficient (Wildman–Crippen LogP) is 1.45. The average molecular weight is 280 g/mol. The van der Waals surface area contributed by atoms with Gasteiger partial charge in [0, 0.05) is 13.1 Å². The number of carbonyl (C=O) groups excluding carboxylic acids is 1. The van der Waals surface area contributed by atoms with Crippen LogP contribution in [0, 0.1) is 5.41 Å². The van der Waals surface area contributed by atoms with E-state index in [0.717, 1.165) is 6.54 Å². The summed E-state index contributed by atoms with van der Waals surface area (Å²) < 4.78 is 4.75. The first kappa shape index (κ1) is 16.2. The maximum atomic E-state index is 11.7. The van der Waals surface area contributed by atoms with E-state index in [0.29, 0.717) is 23.6 Å². The smallest absolute Gasteiger partial charge is 0.341 e. The van der Waals surface area contributed by atoms with Gasteiger partial charge in [-0.3, -0.25) is 0 Å². The molecule has 20 heavy (non-hydrogen) atoms. The molecule has 112 valence electrons. The van der Waals surface area contributed by atoms with Crippen molar-refractivity contribution in [3.8, 4) is 0 Å². The lowest BCUT2D eigenvalue weighted by atomic mass is 9.93. The molecule has 6 nitrogen and oxygen atoms in total. The van der Waals surface area contributed by atoms with Crippen molar-refractivity contribution in [2.75, 3.05) is 45.3 Å². The number of nitrogens with one attached hydrogen (secondary N) is 1. The predicted molar refractivity (Wildman–Crippen MR) is 80.8 cm³/mol. The van der Waals surface area contributed by atoms with Crippen molar-refractivity contribution in [1.29, 1.82) is 0 Å². The molecule has 3 N–H and O–H groups in total. The van der Waals surface area contributed by atoms with Gasteiger partial charge in [0.1, 0.15) is 11.4 Å². The number of nitrogens with zero attached hydrogens (tertiary/aromatic N) is 2. The van der Waals surface area contributed by atoms with E-state index in [9.17, 15) is 4.79 Å². The average Bonchev–Trinajstić information content (AvgIpc) is 2.34. The number of aromatic nitrogens is 1. The number of hydrogen-bond acceptors (Lipinski definition) is 6. The van der Waals surface area contributed by atoms with E-state index in [4.69, 9.17) is 10.5 Å². The van der Waals surface area contributed by atoms with Gasteiger partial charge in [0.2, 0.25) is 0 Å². The number of ether oxygens (including phenoxy) is 1. The number of anilines is 2. The molecule has 0 atom stereocenters. The Kier molecular flexibility index (Phi) is 5.33. The Hall–Kier alpha value is -1.82. The van der Waals surface area contributed by atoms with E-state index in [-0.39, 0.29) is 5.41 Å². The molecule has 0 bridgehead atoms. The summed E-state index contributed by atoms with van der Waals surface area (Å²) in [6.45, 7) is 5.90. The Balaban J connectivity index is 2.85. The number of nitrogens with two attached hydrogens (primary N) is 1. The summed E-state index contributed by atoms with van der Waals surface area (Å²) in [5.41, 5.74) is 6.49. The van der Waals surface area contributed by atoms with Gasteiger partial charge in [-0.15, -0.1) is 0 Å². The van der Waals surface area contributed by atoms with E-state index in [2.05, 4.69) is 29.0 Å². The minimum Gasteiger partial charge on any atom is -0.465 e. The third-order valence-electron chi connectivity index (χ3n) is 2.79. The monoisotopic (exact) mass is 280 g/mol. The summed E-state index contributed by atoms with van der Waals surface area (Å²) in [5.74, 6) is 0.0515. The first-order valence-electron chi connectivity index (χ1n) is 6.47. The summed E-state index contributed by atoms with van der Waals surface area (Å²) in [7, 11) is 5.40. The van der Waals surface area contributed by atoms with Gasteiger partial charge in [-0.25, -0.2) is 9.78 Å². The number of carbonyl (C=O) groups is 1. The Morgan fingerprint density at radius 1 is 1.50 bits per heavy atom. The summed E-state index contributed by atoms with van der Waals surface area (Å²) in [6.07, 6.45) is 1.52. The number of esters is 1. The van der Waals surface area contributed by atoms with Crippen molar-refractivity contribution in [3.05, 3.63) is 17.8 Å². The fourth-order valence-corrected chi connectivity index (χ4v) is 2.12. The maximum absolute atomic E-state index is 11.7. The molecule has 0 aliphatic rings. The van der Waals surface area contributed by atoms with Crippen molar-refractivity contribution in [2.45, 2.75) is 13.8 Å². The molecule has 1 rings (SSSR count). The van der Waals surface area contributed by atoms with E-state index in [1.165, 1.54) is 13.3 Å².